The average Bonchev–Trinajstić information content (AvgIpc) is 2.83. The van der Waals surface area contributed by atoms with Crippen LogP contribution in [0.25, 0.3) is 0 Å². The zero-order chi connectivity index (χ0) is 18.5. The maximum atomic E-state index is 6.21. The quantitative estimate of drug-likeness (QED) is 0.520. The largest absolute Gasteiger partial charge is 0.398 e. The van der Waals surface area contributed by atoms with E-state index in [0.29, 0.717) is 0 Å². The van der Waals surface area contributed by atoms with Crippen LogP contribution < -0.4 is 5.73 Å². The molecule has 1 saturated carbocycles. The fourth-order valence-electron chi connectivity index (χ4n) is 5.47. The first-order valence-electron chi connectivity index (χ1n) is 11.1. The first-order valence-corrected chi connectivity index (χ1v) is 11.1. The number of hydrogen-bond donors (Lipinski definition) is 1. The summed E-state index contributed by atoms with van der Waals surface area (Å²) in [6, 6.07) is 7.93. The summed E-state index contributed by atoms with van der Waals surface area (Å²) in [4.78, 5) is 2.82. The molecule has 2 aliphatic rings. The van der Waals surface area contributed by atoms with Crippen LogP contribution >= 0.6 is 0 Å². The molecule has 1 heterocycles. The first kappa shape index (κ1) is 19.7. The van der Waals surface area contributed by atoms with Crippen LogP contribution in [0.1, 0.15) is 82.8 Å². The summed E-state index contributed by atoms with van der Waals surface area (Å²) in [5.74, 6) is 1.82. The van der Waals surface area contributed by atoms with Gasteiger partial charge in [0.2, 0.25) is 0 Å². The van der Waals surface area contributed by atoms with Crippen LogP contribution in [0.3, 0.4) is 0 Å². The lowest BCUT2D eigenvalue weighted by molar-refractivity contribution is 0.0803. The highest BCUT2D eigenvalue weighted by molar-refractivity contribution is 5.50. The lowest BCUT2D eigenvalue weighted by Gasteiger charge is -2.41. The van der Waals surface area contributed by atoms with E-state index in [-0.39, 0.29) is 0 Å². The summed E-state index contributed by atoms with van der Waals surface area (Å²) < 4.78 is 0. The molecule has 2 N–H and O–H groups in total. The summed E-state index contributed by atoms with van der Waals surface area (Å²) in [7, 11) is 0. The Hall–Kier alpha value is -1.02. The second-order valence-electron chi connectivity index (χ2n) is 9.25. The van der Waals surface area contributed by atoms with Crippen LogP contribution in [0.2, 0.25) is 0 Å². The molecule has 4 atom stereocenters. The van der Waals surface area contributed by atoms with Crippen molar-refractivity contribution < 1.29 is 0 Å². The van der Waals surface area contributed by atoms with Crippen molar-refractivity contribution >= 4 is 5.69 Å². The summed E-state index contributed by atoms with van der Waals surface area (Å²) in [5, 5.41) is 0. The summed E-state index contributed by atoms with van der Waals surface area (Å²) >= 11 is 0. The SMILES string of the molecule is Cc1cccc(N)c1CCC1CCCC(CN2[C@H](C)CCC[C@H]2C)CC1. The fourth-order valence-corrected chi connectivity index (χ4v) is 5.47. The van der Waals surface area contributed by atoms with Crippen LogP contribution in [0.5, 0.6) is 0 Å². The normalized spacial score (nSPS) is 30.9. The van der Waals surface area contributed by atoms with E-state index in [1.54, 1.807) is 0 Å². The second kappa shape index (κ2) is 9.26. The third kappa shape index (κ3) is 5.03. The van der Waals surface area contributed by atoms with Gasteiger partial charge in [-0.05, 0) is 88.3 Å². The van der Waals surface area contributed by atoms with Crippen molar-refractivity contribution in [1.82, 2.24) is 4.90 Å². The lowest BCUT2D eigenvalue weighted by atomic mass is 9.90. The van der Waals surface area contributed by atoms with Crippen LogP contribution in [0.4, 0.5) is 5.69 Å². The van der Waals surface area contributed by atoms with Crippen molar-refractivity contribution in [3.05, 3.63) is 29.3 Å². The monoisotopic (exact) mass is 356 g/mol. The molecule has 146 valence electrons. The Bertz CT molecular complexity index is 537. The molecular formula is C24H40N2. The molecule has 1 saturated heterocycles. The van der Waals surface area contributed by atoms with E-state index in [9.17, 15) is 0 Å². The number of nitrogen functional groups attached to an aromatic ring is 1. The minimum Gasteiger partial charge on any atom is -0.398 e. The Morgan fingerprint density at radius 1 is 0.923 bits per heavy atom. The van der Waals surface area contributed by atoms with Crippen LogP contribution in [0.15, 0.2) is 18.2 Å². The van der Waals surface area contributed by atoms with Crippen molar-refractivity contribution in [3.8, 4) is 0 Å². The summed E-state index contributed by atoms with van der Waals surface area (Å²) in [6.07, 6.45) is 13.9. The zero-order valence-corrected chi connectivity index (χ0v) is 17.3. The number of aryl methyl sites for hydroxylation is 1. The number of likely N-dealkylation sites (tertiary alicyclic amines) is 1. The Kier molecular flexibility index (Phi) is 7.03. The summed E-state index contributed by atoms with van der Waals surface area (Å²) in [5.41, 5.74) is 9.96. The fraction of sp³-hybridized carbons (Fsp3) is 0.750. The van der Waals surface area contributed by atoms with Crippen molar-refractivity contribution in [2.75, 3.05) is 12.3 Å². The molecule has 1 aliphatic heterocycles. The molecule has 0 spiro atoms. The smallest absolute Gasteiger partial charge is 0.0349 e. The maximum absolute atomic E-state index is 6.21. The molecule has 1 aliphatic carbocycles. The van der Waals surface area contributed by atoms with Gasteiger partial charge >= 0.3 is 0 Å². The minimum atomic E-state index is 0.793. The Morgan fingerprint density at radius 2 is 1.58 bits per heavy atom. The molecule has 1 aromatic rings. The molecular weight excluding hydrogens is 316 g/mol. The molecule has 2 unspecified atom stereocenters. The minimum absolute atomic E-state index is 0.793. The van der Waals surface area contributed by atoms with Crippen molar-refractivity contribution in [2.45, 2.75) is 97.1 Å². The van der Waals surface area contributed by atoms with Crippen LogP contribution in [0, 0.1) is 18.8 Å². The Labute approximate surface area is 161 Å². The molecule has 2 fully saturated rings. The Balaban J connectivity index is 1.49. The van der Waals surface area contributed by atoms with Gasteiger partial charge in [-0.25, -0.2) is 0 Å². The molecule has 26 heavy (non-hydrogen) atoms. The molecule has 0 bridgehead atoms. The first-order chi connectivity index (χ1) is 12.5. The highest BCUT2D eigenvalue weighted by atomic mass is 15.2. The zero-order valence-electron chi connectivity index (χ0n) is 17.3. The van der Waals surface area contributed by atoms with E-state index in [1.807, 2.05) is 0 Å². The van der Waals surface area contributed by atoms with E-state index in [1.165, 1.54) is 75.5 Å². The maximum Gasteiger partial charge on any atom is 0.0349 e. The number of nitrogens with two attached hydrogens (primary N) is 1. The van der Waals surface area contributed by atoms with Gasteiger partial charge in [0, 0.05) is 24.3 Å². The average molecular weight is 357 g/mol. The molecule has 0 radical (unpaired) electrons. The molecule has 0 amide bonds. The third-order valence-electron chi connectivity index (χ3n) is 7.30. The molecule has 2 nitrogen and oxygen atoms in total. The van der Waals surface area contributed by atoms with E-state index >= 15 is 0 Å². The van der Waals surface area contributed by atoms with Gasteiger partial charge in [-0.15, -0.1) is 0 Å². The van der Waals surface area contributed by atoms with Crippen molar-refractivity contribution in [2.24, 2.45) is 11.8 Å². The highest BCUT2D eigenvalue weighted by Crippen LogP contribution is 2.33. The molecule has 3 rings (SSSR count). The van der Waals surface area contributed by atoms with Crippen LogP contribution in [-0.4, -0.2) is 23.5 Å². The number of benzene rings is 1. The van der Waals surface area contributed by atoms with E-state index in [4.69, 9.17) is 5.73 Å². The van der Waals surface area contributed by atoms with Gasteiger partial charge < -0.3 is 5.73 Å². The summed E-state index contributed by atoms with van der Waals surface area (Å²) in [6.45, 7) is 8.44. The van der Waals surface area contributed by atoms with Gasteiger partial charge in [0.05, 0.1) is 0 Å². The van der Waals surface area contributed by atoms with Crippen molar-refractivity contribution in [1.29, 1.82) is 0 Å². The van der Waals surface area contributed by atoms with E-state index in [0.717, 1.165) is 36.0 Å². The predicted octanol–water partition coefficient (Wildman–Crippen LogP) is 5.97. The number of piperidine rings is 1. The van der Waals surface area contributed by atoms with E-state index in [2.05, 4.69) is 43.9 Å². The second-order valence-corrected chi connectivity index (χ2v) is 9.25. The topological polar surface area (TPSA) is 29.3 Å². The van der Waals surface area contributed by atoms with Gasteiger partial charge in [-0.1, -0.05) is 37.8 Å². The molecule has 0 aromatic heterocycles. The molecule has 2 heteroatoms. The van der Waals surface area contributed by atoms with Gasteiger partial charge in [-0.3, -0.25) is 4.90 Å². The van der Waals surface area contributed by atoms with Crippen molar-refractivity contribution in [3.63, 3.8) is 0 Å². The number of hydrogen-bond acceptors (Lipinski definition) is 2. The molecule has 1 aromatic carbocycles. The van der Waals surface area contributed by atoms with E-state index < -0.39 is 0 Å². The highest BCUT2D eigenvalue weighted by Gasteiger charge is 2.28. The number of anilines is 1. The third-order valence-corrected chi connectivity index (χ3v) is 7.30. The predicted molar refractivity (Wildman–Crippen MR) is 113 cm³/mol. The number of rotatable bonds is 5. The Morgan fingerprint density at radius 3 is 2.31 bits per heavy atom. The van der Waals surface area contributed by atoms with Gasteiger partial charge in [0.15, 0.2) is 0 Å². The van der Waals surface area contributed by atoms with Gasteiger partial charge in [-0.2, -0.15) is 0 Å². The lowest BCUT2D eigenvalue weighted by Crippen LogP contribution is -2.46. The standard InChI is InChI=1S/C24H40N2/c1-18-7-4-12-24(25)23(18)16-15-21-10-6-11-22(14-13-21)17-26-19(2)8-5-9-20(26)3/h4,7,12,19-22H,5-6,8-11,13-17,25H2,1-3H3/t19-,20-,21?,22?/m1/s1. The van der Waals surface area contributed by atoms with Gasteiger partial charge in [0.1, 0.15) is 0 Å². The number of nitrogens with zero attached hydrogens (tertiary/aromatic N) is 1. The van der Waals surface area contributed by atoms with Gasteiger partial charge in [0.25, 0.3) is 0 Å². The van der Waals surface area contributed by atoms with Crippen LogP contribution in [-0.2, 0) is 6.42 Å².